The molecule has 11 aromatic carbocycles. The summed E-state index contributed by atoms with van der Waals surface area (Å²) < 4.78 is 0. The van der Waals surface area contributed by atoms with Gasteiger partial charge in [0.05, 0.1) is 11.4 Å². The Kier molecular flexibility index (Phi) is 74.4. The van der Waals surface area contributed by atoms with Gasteiger partial charge in [-0.15, -0.1) is 0 Å². The lowest BCUT2D eigenvalue weighted by Crippen LogP contribution is -1.86. The fourth-order valence-corrected chi connectivity index (χ4v) is 10.3. The molecule has 0 amide bonds. The van der Waals surface area contributed by atoms with Crippen molar-refractivity contribution in [3.05, 3.63) is 321 Å². The van der Waals surface area contributed by atoms with E-state index in [9.17, 15) is 0 Å². The third kappa shape index (κ3) is 45.2. The van der Waals surface area contributed by atoms with Crippen molar-refractivity contribution < 1.29 is 0 Å². The Morgan fingerprint density at radius 2 is 0.523 bits per heavy atom. The molecule has 0 bridgehead atoms. The molecule has 0 spiro atoms. The molecule has 3 heterocycles. The first-order chi connectivity index (χ1) is 51.2. The molecule has 0 aliphatic heterocycles. The van der Waals surface area contributed by atoms with E-state index in [1.807, 2.05) is 178 Å². The maximum Gasteiger partial charge on any atom is 0.125 e. The zero-order valence-electron chi connectivity index (χ0n) is 72.6. The number of fused-ring (bicyclic) bond motifs is 7. The zero-order chi connectivity index (χ0) is 81.3. The van der Waals surface area contributed by atoms with Gasteiger partial charge in [-0.1, -0.05) is 389 Å². The van der Waals surface area contributed by atoms with Gasteiger partial charge in [-0.05, 0) is 210 Å². The number of benzene rings is 11. The first kappa shape index (κ1) is 117. The Labute approximate surface area is 684 Å². The molecule has 0 fully saturated rings. The van der Waals surface area contributed by atoms with Crippen molar-refractivity contribution in [3.8, 4) is 0 Å². The number of hydrogen-bond acceptors (Lipinski definition) is 6. The van der Waals surface area contributed by atoms with Gasteiger partial charge in [-0.2, -0.15) is 0 Å². The van der Waals surface area contributed by atoms with Crippen molar-refractivity contribution in [2.45, 2.75) is 273 Å². The number of aryl methyl sites for hydroxylation is 16. The molecule has 0 aliphatic rings. The lowest BCUT2D eigenvalue weighted by molar-refractivity contribution is 1.01. The molecule has 0 aliphatic carbocycles. The fourth-order valence-electron chi connectivity index (χ4n) is 10.3. The van der Waals surface area contributed by atoms with E-state index < -0.39 is 0 Å². The van der Waals surface area contributed by atoms with Gasteiger partial charge in [-0.3, -0.25) is 9.97 Å². The molecular formula is C105H160N6. The summed E-state index contributed by atoms with van der Waals surface area (Å²) in [6.07, 6.45) is 6.82. The Morgan fingerprint density at radius 1 is 0.198 bits per heavy atom. The van der Waals surface area contributed by atoms with E-state index in [0.717, 1.165) is 34.3 Å². The molecule has 0 atom stereocenters. The van der Waals surface area contributed by atoms with Crippen LogP contribution in [0.2, 0.25) is 0 Å². The second-order valence-corrected chi connectivity index (χ2v) is 23.1. The van der Waals surface area contributed by atoms with Crippen LogP contribution >= 0.6 is 0 Å². The van der Waals surface area contributed by atoms with Gasteiger partial charge in [0, 0.05) is 35.7 Å². The van der Waals surface area contributed by atoms with Gasteiger partial charge < -0.3 is 0 Å². The summed E-state index contributed by atoms with van der Waals surface area (Å²) in [5, 5.41) is 16.1. The number of aromatic nitrogens is 6. The van der Waals surface area contributed by atoms with Gasteiger partial charge in [0.2, 0.25) is 0 Å². The van der Waals surface area contributed by atoms with Gasteiger partial charge >= 0.3 is 0 Å². The molecule has 0 unspecified atom stereocenters. The lowest BCUT2D eigenvalue weighted by Gasteiger charge is -2.05. The van der Waals surface area contributed by atoms with Crippen LogP contribution in [0.3, 0.4) is 0 Å². The van der Waals surface area contributed by atoms with E-state index in [4.69, 9.17) is 0 Å². The minimum atomic E-state index is 0. The molecule has 0 saturated carbocycles. The van der Waals surface area contributed by atoms with Crippen LogP contribution in [0.15, 0.2) is 231 Å². The summed E-state index contributed by atoms with van der Waals surface area (Å²) >= 11 is 0. The van der Waals surface area contributed by atoms with Crippen LogP contribution in [0.5, 0.6) is 0 Å². The van der Waals surface area contributed by atoms with E-state index in [1.165, 1.54) is 120 Å². The topological polar surface area (TPSA) is 77.3 Å². The van der Waals surface area contributed by atoms with E-state index in [-0.39, 0.29) is 37.1 Å². The quantitative estimate of drug-likeness (QED) is 0.141. The van der Waals surface area contributed by atoms with E-state index in [0.29, 0.717) is 0 Å². The highest BCUT2D eigenvalue weighted by atomic mass is 14.9. The fraction of sp³-hybridized carbons (Fsp3) is 0.371. The highest BCUT2D eigenvalue weighted by Crippen LogP contribution is 2.27. The normalized spacial score (nSPS) is 8.63. The molecule has 111 heavy (non-hydrogen) atoms. The Morgan fingerprint density at radius 3 is 0.874 bits per heavy atom. The largest absolute Gasteiger partial charge is 0.261 e. The summed E-state index contributed by atoms with van der Waals surface area (Å²) in [5.41, 5.74) is 18.4. The highest BCUT2D eigenvalue weighted by Gasteiger charge is 2.02. The van der Waals surface area contributed by atoms with Crippen LogP contribution in [-0.2, 0) is 0 Å². The summed E-state index contributed by atoms with van der Waals surface area (Å²) in [6, 6.07) is 73.6. The molecule has 6 heteroatoms. The lowest BCUT2D eigenvalue weighted by atomic mass is 9.99. The predicted octanol–water partition coefficient (Wildman–Crippen LogP) is 34.1. The summed E-state index contributed by atoms with van der Waals surface area (Å²) in [4.78, 5) is 23.9. The molecule has 0 saturated heterocycles. The molecule has 0 N–H and O–H groups in total. The van der Waals surface area contributed by atoms with Crippen molar-refractivity contribution in [2.75, 3.05) is 0 Å². The minimum Gasteiger partial charge on any atom is -0.261 e. The number of rotatable bonds is 0. The third-order valence-corrected chi connectivity index (χ3v) is 14.9. The third-order valence-electron chi connectivity index (χ3n) is 14.9. The molecule has 14 rings (SSSR count). The Hall–Kier alpha value is -9.78. The SMILES string of the molecule is C.C.C.C.C.CC.CC.CC.CC.CC.CC.CC.CC.CC.Cc1cc(C)c2ccccc2c1.Cc1cc(C)ncn1.Cc1cc2ccccc2cc1C.Cc1ccc2c(C)cccc2c1.Cc1ccc2c(ccc3cc(C)ccc32)c1.Cc1ccc2ccc(C)cc2c1.Cc1ccnc(C)n1.Cc1cncc(C)n1. The van der Waals surface area contributed by atoms with Crippen LogP contribution in [0.4, 0.5) is 0 Å². The highest BCUT2D eigenvalue weighted by molar-refractivity contribution is 6.07. The maximum atomic E-state index is 4.11. The van der Waals surface area contributed by atoms with Crippen molar-refractivity contribution >= 4 is 64.6 Å². The monoisotopic (exact) mass is 1510 g/mol. The van der Waals surface area contributed by atoms with Gasteiger partial charge in [0.1, 0.15) is 12.2 Å². The summed E-state index contributed by atoms with van der Waals surface area (Å²) in [6.45, 7) is 69.0. The molecule has 610 valence electrons. The van der Waals surface area contributed by atoms with Crippen LogP contribution in [0.25, 0.3) is 64.6 Å². The van der Waals surface area contributed by atoms with E-state index in [1.54, 1.807) is 24.9 Å². The summed E-state index contributed by atoms with van der Waals surface area (Å²) in [7, 11) is 0. The van der Waals surface area contributed by atoms with Crippen molar-refractivity contribution in [3.63, 3.8) is 0 Å². The average molecular weight is 1510 g/mol. The zero-order valence-corrected chi connectivity index (χ0v) is 72.6. The smallest absolute Gasteiger partial charge is 0.125 e. The molecule has 14 aromatic rings. The number of hydrogen-bond donors (Lipinski definition) is 0. The molecule has 0 radical (unpaired) electrons. The van der Waals surface area contributed by atoms with Gasteiger partial charge in [-0.25, -0.2) is 19.9 Å². The Bertz CT molecular complexity index is 4280. The van der Waals surface area contributed by atoms with Crippen LogP contribution in [-0.4, -0.2) is 29.9 Å². The predicted molar refractivity (Wildman–Crippen MR) is 515 cm³/mol. The van der Waals surface area contributed by atoms with Crippen LogP contribution in [0.1, 0.15) is 252 Å². The molecular weight excluding hydrogens is 1350 g/mol. The van der Waals surface area contributed by atoms with Gasteiger partial charge in [0.25, 0.3) is 0 Å². The second kappa shape index (κ2) is 70.6. The van der Waals surface area contributed by atoms with E-state index >= 15 is 0 Å². The Balaban J connectivity index is -0.000000177. The van der Waals surface area contributed by atoms with Crippen molar-refractivity contribution in [1.29, 1.82) is 0 Å². The first-order valence-electron chi connectivity index (χ1n) is 39.2. The van der Waals surface area contributed by atoms with Gasteiger partial charge in [0.15, 0.2) is 0 Å². The van der Waals surface area contributed by atoms with Crippen molar-refractivity contribution in [2.24, 2.45) is 0 Å². The van der Waals surface area contributed by atoms with Crippen LogP contribution in [0, 0.1) is 111 Å². The molecule has 6 nitrogen and oxygen atoms in total. The standard InChI is InChI=1S/C16H14.4C12H12.3C6H8N2.9C2H6.5CH4/c1-11-3-7-15-13(9-11)5-6-14-10-12(2)4-8-16(14)15;1-9-3-5-11-6-4-10(2)8-12(11)7-9;1-9-6-7-12-10(2)4-3-5-11(12)8-9;1-9-7-11-5-3-4-6-12(11)8-10(9)2;1-9-7-10(2)12-6-4-3-5-11(12)8-9;1-5-3-7-4-6(2)8-5;1-5-3-6(2)8-4-7-5;1-5-3-4-7-6(2)8-5;9*1-2;;;;;/h3-10H,1-2H3;4*3-8H,1-2H3;3*3-4H,1-2H3;9*1-2H3;5*1H4. The molecule has 3 aromatic heterocycles. The average Bonchev–Trinajstić information content (AvgIpc) is 0.788. The van der Waals surface area contributed by atoms with Crippen LogP contribution < -0.4 is 0 Å². The van der Waals surface area contributed by atoms with Crippen molar-refractivity contribution in [1.82, 2.24) is 29.9 Å². The number of nitrogens with zero attached hydrogens (tertiary/aromatic N) is 6. The summed E-state index contributed by atoms with van der Waals surface area (Å²) in [5.74, 6) is 0.838. The first-order valence-corrected chi connectivity index (χ1v) is 39.2. The second-order valence-electron chi connectivity index (χ2n) is 23.1. The van der Waals surface area contributed by atoms with E-state index in [2.05, 4.69) is 293 Å². The minimum absolute atomic E-state index is 0. The maximum absolute atomic E-state index is 4.11.